The van der Waals surface area contributed by atoms with Crippen LogP contribution in [0.1, 0.15) is 18.5 Å². The number of carboxylic acid groups (broad SMARTS) is 1. The van der Waals surface area contributed by atoms with Crippen molar-refractivity contribution in [3.63, 3.8) is 0 Å². The van der Waals surface area contributed by atoms with Gasteiger partial charge in [0.1, 0.15) is 0 Å². The number of carbonyl (C=O) groups excluding carboxylic acids is 1. The van der Waals surface area contributed by atoms with Gasteiger partial charge in [0, 0.05) is 38.4 Å². The van der Waals surface area contributed by atoms with Gasteiger partial charge in [0.05, 0.1) is 6.10 Å². The first-order valence-electron chi connectivity index (χ1n) is 6.93. The molecular weight excluding hydrogens is 276 g/mol. The molecule has 1 aromatic rings. The maximum absolute atomic E-state index is 11.6. The lowest BCUT2D eigenvalue weighted by atomic mass is 10.2. The summed E-state index contributed by atoms with van der Waals surface area (Å²) in [5.41, 5.74) is 1.04. The van der Waals surface area contributed by atoms with Gasteiger partial charge in [0.15, 0.2) is 6.10 Å². The average molecular weight is 296 g/mol. The molecule has 0 bridgehead atoms. The molecule has 2 atom stereocenters. The summed E-state index contributed by atoms with van der Waals surface area (Å²) in [7, 11) is 1.85. The van der Waals surface area contributed by atoms with Crippen LogP contribution in [0, 0.1) is 0 Å². The van der Waals surface area contributed by atoms with Crippen molar-refractivity contribution in [2.75, 3.05) is 13.1 Å². The molecule has 1 saturated heterocycles. The highest BCUT2D eigenvalue weighted by atomic mass is 16.5. The number of hydrogen-bond donors (Lipinski definition) is 3. The molecule has 0 spiro atoms. The minimum absolute atomic E-state index is 0.228. The molecule has 1 aliphatic heterocycles. The first kappa shape index (κ1) is 15.3. The zero-order valence-corrected chi connectivity index (χ0v) is 11.9. The fourth-order valence-corrected chi connectivity index (χ4v) is 2.26. The summed E-state index contributed by atoms with van der Waals surface area (Å²) in [5, 5.41) is 18.3. The van der Waals surface area contributed by atoms with Crippen molar-refractivity contribution < 1.29 is 19.4 Å². The Kier molecular flexibility index (Phi) is 5.15. The van der Waals surface area contributed by atoms with Gasteiger partial charge in [-0.3, -0.25) is 4.68 Å². The van der Waals surface area contributed by atoms with Crippen molar-refractivity contribution >= 4 is 12.0 Å². The maximum atomic E-state index is 11.6. The summed E-state index contributed by atoms with van der Waals surface area (Å²) in [5.74, 6) is -0.946. The van der Waals surface area contributed by atoms with Crippen molar-refractivity contribution in [2.24, 2.45) is 7.05 Å². The first-order chi connectivity index (χ1) is 10.1. The fourth-order valence-electron chi connectivity index (χ4n) is 2.26. The predicted molar refractivity (Wildman–Crippen MR) is 73.8 cm³/mol. The van der Waals surface area contributed by atoms with E-state index in [0.29, 0.717) is 32.4 Å². The van der Waals surface area contributed by atoms with Crippen LogP contribution >= 0.6 is 0 Å². The van der Waals surface area contributed by atoms with E-state index in [-0.39, 0.29) is 12.1 Å². The third-order valence-corrected chi connectivity index (χ3v) is 3.46. The smallest absolute Gasteiger partial charge is 0.332 e. The number of carboxylic acids is 1. The lowest BCUT2D eigenvalue weighted by molar-refractivity contribution is -0.149. The molecule has 1 fully saturated rings. The molecule has 8 heteroatoms. The van der Waals surface area contributed by atoms with Gasteiger partial charge >= 0.3 is 12.0 Å². The van der Waals surface area contributed by atoms with E-state index >= 15 is 0 Å². The Morgan fingerprint density at radius 3 is 2.90 bits per heavy atom. The van der Waals surface area contributed by atoms with Crippen LogP contribution in [0.15, 0.2) is 12.3 Å². The molecule has 0 saturated carbocycles. The van der Waals surface area contributed by atoms with Gasteiger partial charge in [-0.1, -0.05) is 0 Å². The predicted octanol–water partition coefficient (Wildman–Crippen LogP) is -0.106. The van der Waals surface area contributed by atoms with E-state index in [2.05, 4.69) is 15.7 Å². The van der Waals surface area contributed by atoms with Gasteiger partial charge in [-0.05, 0) is 18.9 Å². The number of aromatic nitrogens is 2. The summed E-state index contributed by atoms with van der Waals surface area (Å²) in [4.78, 5) is 22.3. The lowest BCUT2D eigenvalue weighted by Gasteiger charge is -2.13. The van der Waals surface area contributed by atoms with Crippen molar-refractivity contribution in [1.82, 2.24) is 20.4 Å². The summed E-state index contributed by atoms with van der Waals surface area (Å²) >= 11 is 0. The van der Waals surface area contributed by atoms with Crippen molar-refractivity contribution in [3.8, 4) is 0 Å². The second-order valence-electron chi connectivity index (χ2n) is 5.00. The van der Waals surface area contributed by atoms with Crippen LogP contribution in [0.3, 0.4) is 0 Å². The standard InChI is InChI=1S/C13H20N4O4/c1-17-9(5-7-16-17)4-6-14-13(20)15-8-10-2-3-11(21-10)12(18)19/h5,7,10-11H,2-4,6,8H2,1H3,(H,18,19)(H2,14,15,20). The molecule has 8 nitrogen and oxygen atoms in total. The molecule has 2 unspecified atom stereocenters. The van der Waals surface area contributed by atoms with Crippen LogP contribution in [0.25, 0.3) is 0 Å². The van der Waals surface area contributed by atoms with Gasteiger partial charge in [-0.15, -0.1) is 0 Å². The van der Waals surface area contributed by atoms with Crippen LogP contribution in [0.5, 0.6) is 0 Å². The Balaban J connectivity index is 1.60. The number of rotatable bonds is 6. The Labute approximate surface area is 122 Å². The number of carbonyl (C=O) groups is 2. The molecule has 0 radical (unpaired) electrons. The van der Waals surface area contributed by atoms with E-state index in [9.17, 15) is 9.59 Å². The Morgan fingerprint density at radius 2 is 2.29 bits per heavy atom. The molecule has 116 valence electrons. The van der Waals surface area contributed by atoms with Gasteiger partial charge < -0.3 is 20.5 Å². The number of nitrogens with zero attached hydrogens (tertiary/aromatic N) is 2. The monoisotopic (exact) mass is 296 g/mol. The number of hydrogen-bond acceptors (Lipinski definition) is 4. The topological polar surface area (TPSA) is 105 Å². The molecule has 2 rings (SSSR count). The zero-order chi connectivity index (χ0) is 15.2. The number of nitrogens with one attached hydrogen (secondary N) is 2. The van der Waals surface area contributed by atoms with Crippen molar-refractivity contribution in [1.29, 1.82) is 0 Å². The highest BCUT2D eigenvalue weighted by Crippen LogP contribution is 2.19. The first-order valence-corrected chi connectivity index (χ1v) is 6.93. The Morgan fingerprint density at radius 1 is 1.48 bits per heavy atom. The number of ether oxygens (including phenoxy) is 1. The second kappa shape index (κ2) is 7.07. The summed E-state index contributed by atoms with van der Waals surface area (Å²) in [6.07, 6.45) is 2.57. The lowest BCUT2D eigenvalue weighted by Crippen LogP contribution is -2.40. The van der Waals surface area contributed by atoms with E-state index in [0.717, 1.165) is 5.69 Å². The second-order valence-corrected chi connectivity index (χ2v) is 5.00. The van der Waals surface area contributed by atoms with Gasteiger partial charge in [0.2, 0.25) is 0 Å². The van der Waals surface area contributed by atoms with Crippen LogP contribution in [-0.4, -0.2) is 52.2 Å². The third kappa shape index (κ3) is 4.45. The van der Waals surface area contributed by atoms with Gasteiger partial charge in [-0.25, -0.2) is 9.59 Å². The van der Waals surface area contributed by atoms with E-state index in [1.54, 1.807) is 10.9 Å². The van der Waals surface area contributed by atoms with Crippen molar-refractivity contribution in [2.45, 2.75) is 31.5 Å². The molecule has 1 aliphatic rings. The average Bonchev–Trinajstić information content (AvgIpc) is 3.06. The maximum Gasteiger partial charge on any atom is 0.332 e. The third-order valence-electron chi connectivity index (χ3n) is 3.46. The molecular formula is C13H20N4O4. The normalized spacial score (nSPS) is 21.2. The van der Waals surface area contributed by atoms with E-state index < -0.39 is 12.1 Å². The van der Waals surface area contributed by atoms with Gasteiger partial charge in [0.25, 0.3) is 0 Å². The van der Waals surface area contributed by atoms with Crippen LogP contribution in [0.4, 0.5) is 4.79 Å². The van der Waals surface area contributed by atoms with E-state index in [1.807, 2.05) is 13.1 Å². The summed E-state index contributed by atoms with van der Waals surface area (Å²) in [6.45, 7) is 0.829. The number of amides is 2. The van der Waals surface area contributed by atoms with E-state index in [4.69, 9.17) is 9.84 Å². The van der Waals surface area contributed by atoms with Crippen LogP contribution in [-0.2, 0) is 23.0 Å². The number of urea groups is 1. The molecule has 3 N–H and O–H groups in total. The summed E-state index contributed by atoms with van der Waals surface area (Å²) < 4.78 is 7.06. The fraction of sp³-hybridized carbons (Fsp3) is 0.615. The zero-order valence-electron chi connectivity index (χ0n) is 11.9. The SMILES string of the molecule is Cn1nccc1CCNC(=O)NCC1CCC(C(=O)O)O1. The van der Waals surface area contributed by atoms with E-state index in [1.165, 1.54) is 0 Å². The Hall–Kier alpha value is -2.09. The molecule has 0 aliphatic carbocycles. The number of aliphatic carboxylic acids is 1. The molecule has 0 aromatic carbocycles. The minimum atomic E-state index is -0.946. The quantitative estimate of drug-likeness (QED) is 0.679. The van der Waals surface area contributed by atoms with Crippen molar-refractivity contribution in [3.05, 3.63) is 18.0 Å². The molecule has 2 heterocycles. The molecule has 1 aromatic heterocycles. The highest BCUT2D eigenvalue weighted by molar-refractivity contribution is 5.74. The summed E-state index contributed by atoms with van der Waals surface area (Å²) in [6, 6.07) is 1.62. The highest BCUT2D eigenvalue weighted by Gasteiger charge is 2.30. The van der Waals surface area contributed by atoms with Gasteiger partial charge in [-0.2, -0.15) is 5.10 Å². The van der Waals surface area contributed by atoms with Crippen LogP contribution in [0.2, 0.25) is 0 Å². The molecule has 2 amide bonds. The number of aryl methyl sites for hydroxylation is 1. The molecule has 21 heavy (non-hydrogen) atoms. The Bertz CT molecular complexity index is 502. The minimum Gasteiger partial charge on any atom is -0.479 e. The van der Waals surface area contributed by atoms with Crippen LogP contribution < -0.4 is 10.6 Å². The largest absolute Gasteiger partial charge is 0.479 e.